The first kappa shape index (κ1) is 19.3. The summed E-state index contributed by atoms with van der Waals surface area (Å²) in [5, 5.41) is 2.90. The largest absolute Gasteiger partial charge is 0.490 e. The predicted molar refractivity (Wildman–Crippen MR) is 102 cm³/mol. The number of hydrogen-bond donors (Lipinski definition) is 2. The lowest BCUT2D eigenvalue weighted by molar-refractivity contribution is 0.0950. The van der Waals surface area contributed by atoms with Gasteiger partial charge in [0.2, 0.25) is 0 Å². The number of carbonyl (C=O) groups excluding carboxylic acids is 1. The van der Waals surface area contributed by atoms with E-state index in [1.807, 2.05) is 48.5 Å². The Morgan fingerprint density at radius 3 is 2.56 bits per heavy atom. The van der Waals surface area contributed by atoms with Crippen molar-refractivity contribution in [2.45, 2.75) is 37.8 Å². The van der Waals surface area contributed by atoms with Crippen molar-refractivity contribution in [2.24, 2.45) is 5.73 Å². The Kier molecular flexibility index (Phi) is 7.29. The van der Waals surface area contributed by atoms with Crippen molar-refractivity contribution in [2.75, 3.05) is 6.54 Å². The van der Waals surface area contributed by atoms with E-state index in [9.17, 15) is 4.79 Å². The van der Waals surface area contributed by atoms with Crippen LogP contribution in [0.1, 0.15) is 47.6 Å². The van der Waals surface area contributed by atoms with Crippen LogP contribution in [0.15, 0.2) is 54.6 Å². The molecule has 2 aromatic carbocycles. The second kappa shape index (κ2) is 9.44. The van der Waals surface area contributed by atoms with Crippen molar-refractivity contribution in [1.29, 1.82) is 0 Å². The molecule has 1 amide bonds. The first-order valence-corrected chi connectivity index (χ1v) is 8.58. The van der Waals surface area contributed by atoms with Crippen molar-refractivity contribution >= 4 is 18.3 Å². The molecular formula is C20H25ClN2O2. The van der Waals surface area contributed by atoms with Gasteiger partial charge in [-0.15, -0.1) is 12.4 Å². The molecule has 2 aromatic rings. The zero-order valence-corrected chi connectivity index (χ0v) is 15.0. The number of hydrogen-bond acceptors (Lipinski definition) is 3. The van der Waals surface area contributed by atoms with E-state index in [4.69, 9.17) is 10.5 Å². The standard InChI is InChI=1S/C20H24N2O2.ClH/c21-19(15-7-2-1-3-8-15)14-22-20(23)16-9-6-12-18(13-16)24-17-10-4-5-11-17;/h1-3,6-9,12-13,17,19H,4-5,10-11,14,21H2,(H,22,23);1H. The van der Waals surface area contributed by atoms with E-state index >= 15 is 0 Å². The first-order chi connectivity index (χ1) is 11.7. The van der Waals surface area contributed by atoms with Gasteiger partial charge in [0.15, 0.2) is 0 Å². The van der Waals surface area contributed by atoms with Gasteiger partial charge in [0.25, 0.3) is 5.91 Å². The fourth-order valence-corrected chi connectivity index (χ4v) is 3.03. The molecule has 1 aliphatic rings. The molecule has 0 heterocycles. The molecule has 3 rings (SSSR count). The van der Waals surface area contributed by atoms with E-state index in [1.165, 1.54) is 12.8 Å². The van der Waals surface area contributed by atoms with Gasteiger partial charge in [0.1, 0.15) is 5.75 Å². The zero-order chi connectivity index (χ0) is 16.8. The summed E-state index contributed by atoms with van der Waals surface area (Å²) < 4.78 is 5.96. The lowest BCUT2D eigenvalue weighted by Crippen LogP contribution is -2.31. The van der Waals surface area contributed by atoms with Crippen LogP contribution in [-0.2, 0) is 0 Å². The molecule has 1 atom stereocenters. The zero-order valence-electron chi connectivity index (χ0n) is 14.2. The lowest BCUT2D eigenvalue weighted by atomic mass is 10.1. The highest BCUT2D eigenvalue weighted by atomic mass is 35.5. The number of nitrogens with two attached hydrogens (primary N) is 1. The molecule has 1 saturated carbocycles. The summed E-state index contributed by atoms with van der Waals surface area (Å²) in [5.41, 5.74) is 7.73. The van der Waals surface area contributed by atoms with Crippen LogP contribution in [-0.4, -0.2) is 18.6 Å². The van der Waals surface area contributed by atoms with Crippen LogP contribution in [0.4, 0.5) is 0 Å². The van der Waals surface area contributed by atoms with Gasteiger partial charge < -0.3 is 15.8 Å². The molecule has 0 spiro atoms. The van der Waals surface area contributed by atoms with Gasteiger partial charge in [-0.2, -0.15) is 0 Å². The van der Waals surface area contributed by atoms with Crippen molar-refractivity contribution < 1.29 is 9.53 Å². The summed E-state index contributed by atoms with van der Waals surface area (Å²) in [6.45, 7) is 0.399. The highest BCUT2D eigenvalue weighted by Crippen LogP contribution is 2.24. The Morgan fingerprint density at radius 2 is 1.84 bits per heavy atom. The maximum absolute atomic E-state index is 12.3. The minimum atomic E-state index is -0.215. The summed E-state index contributed by atoms with van der Waals surface area (Å²) >= 11 is 0. The van der Waals surface area contributed by atoms with Crippen molar-refractivity contribution in [3.63, 3.8) is 0 Å². The number of ether oxygens (including phenoxy) is 1. The highest BCUT2D eigenvalue weighted by molar-refractivity contribution is 5.94. The predicted octanol–water partition coefficient (Wildman–Crippen LogP) is 3.86. The van der Waals surface area contributed by atoms with E-state index in [-0.39, 0.29) is 30.5 Å². The summed E-state index contributed by atoms with van der Waals surface area (Å²) in [7, 11) is 0. The molecular weight excluding hydrogens is 336 g/mol. The van der Waals surface area contributed by atoms with Crippen LogP contribution >= 0.6 is 12.4 Å². The first-order valence-electron chi connectivity index (χ1n) is 8.58. The van der Waals surface area contributed by atoms with Gasteiger partial charge in [-0.1, -0.05) is 36.4 Å². The lowest BCUT2D eigenvalue weighted by Gasteiger charge is -2.15. The minimum Gasteiger partial charge on any atom is -0.490 e. The molecule has 1 fully saturated rings. The minimum absolute atomic E-state index is 0. The smallest absolute Gasteiger partial charge is 0.251 e. The number of carbonyl (C=O) groups is 1. The molecule has 0 aliphatic heterocycles. The van der Waals surface area contributed by atoms with E-state index in [0.29, 0.717) is 12.1 Å². The topological polar surface area (TPSA) is 64.3 Å². The van der Waals surface area contributed by atoms with Crippen LogP contribution in [0.25, 0.3) is 0 Å². The maximum atomic E-state index is 12.3. The molecule has 25 heavy (non-hydrogen) atoms. The number of nitrogens with one attached hydrogen (secondary N) is 1. The Bertz CT molecular complexity index is 672. The Morgan fingerprint density at radius 1 is 1.12 bits per heavy atom. The van der Waals surface area contributed by atoms with E-state index in [2.05, 4.69) is 5.32 Å². The van der Waals surface area contributed by atoms with Crippen molar-refractivity contribution in [1.82, 2.24) is 5.32 Å². The molecule has 1 aliphatic carbocycles. The molecule has 5 heteroatoms. The number of benzene rings is 2. The summed E-state index contributed by atoms with van der Waals surface area (Å²) in [6, 6.07) is 16.9. The molecule has 4 nitrogen and oxygen atoms in total. The quantitative estimate of drug-likeness (QED) is 0.822. The fourth-order valence-electron chi connectivity index (χ4n) is 3.03. The SMILES string of the molecule is Cl.NC(CNC(=O)c1cccc(OC2CCCC2)c1)c1ccccc1. The maximum Gasteiger partial charge on any atom is 0.251 e. The van der Waals surface area contributed by atoms with Gasteiger partial charge in [0.05, 0.1) is 6.10 Å². The average molecular weight is 361 g/mol. The number of amides is 1. The van der Waals surface area contributed by atoms with Gasteiger partial charge in [-0.3, -0.25) is 4.79 Å². The van der Waals surface area contributed by atoms with E-state index in [0.717, 1.165) is 24.2 Å². The Hall–Kier alpha value is -2.04. The molecule has 0 saturated heterocycles. The van der Waals surface area contributed by atoms with Crippen LogP contribution in [0.5, 0.6) is 5.75 Å². The number of rotatable bonds is 6. The second-order valence-electron chi connectivity index (χ2n) is 6.28. The monoisotopic (exact) mass is 360 g/mol. The molecule has 0 aromatic heterocycles. The molecule has 0 bridgehead atoms. The van der Waals surface area contributed by atoms with Gasteiger partial charge in [-0.25, -0.2) is 0 Å². The average Bonchev–Trinajstić information content (AvgIpc) is 3.13. The normalized spacial score (nSPS) is 15.2. The van der Waals surface area contributed by atoms with Crippen molar-refractivity contribution in [3.05, 3.63) is 65.7 Å². The molecule has 134 valence electrons. The third kappa shape index (κ3) is 5.48. The van der Waals surface area contributed by atoms with Gasteiger partial charge in [-0.05, 0) is 49.4 Å². The Labute approximate surface area is 155 Å². The summed E-state index contributed by atoms with van der Waals surface area (Å²) in [4.78, 5) is 12.3. The van der Waals surface area contributed by atoms with Crippen molar-refractivity contribution in [3.8, 4) is 5.75 Å². The molecule has 0 radical (unpaired) electrons. The fraction of sp³-hybridized carbons (Fsp3) is 0.350. The van der Waals surface area contributed by atoms with E-state index < -0.39 is 0 Å². The van der Waals surface area contributed by atoms with Crippen LogP contribution < -0.4 is 15.8 Å². The van der Waals surface area contributed by atoms with Gasteiger partial charge >= 0.3 is 0 Å². The number of halogens is 1. The van der Waals surface area contributed by atoms with Gasteiger partial charge in [0, 0.05) is 18.2 Å². The third-order valence-corrected chi connectivity index (χ3v) is 4.41. The summed E-state index contributed by atoms with van der Waals surface area (Å²) in [6.07, 6.45) is 4.93. The Balaban J connectivity index is 0.00000225. The molecule has 1 unspecified atom stereocenters. The molecule has 3 N–H and O–H groups in total. The van der Waals surface area contributed by atoms with Crippen LogP contribution in [0.3, 0.4) is 0 Å². The highest BCUT2D eigenvalue weighted by Gasteiger charge is 2.17. The van der Waals surface area contributed by atoms with Crippen LogP contribution in [0, 0.1) is 0 Å². The second-order valence-corrected chi connectivity index (χ2v) is 6.28. The van der Waals surface area contributed by atoms with E-state index in [1.54, 1.807) is 6.07 Å². The van der Waals surface area contributed by atoms with Crippen LogP contribution in [0.2, 0.25) is 0 Å². The summed E-state index contributed by atoms with van der Waals surface area (Å²) in [5.74, 6) is 0.639. The third-order valence-electron chi connectivity index (χ3n) is 4.41.